The summed E-state index contributed by atoms with van der Waals surface area (Å²) in [7, 11) is 0. The molecule has 0 bridgehead atoms. The highest BCUT2D eigenvalue weighted by molar-refractivity contribution is 9.10. The molecule has 5 nitrogen and oxygen atoms in total. The zero-order valence-electron chi connectivity index (χ0n) is 13.6. The van der Waals surface area contributed by atoms with Crippen LogP contribution in [0.2, 0.25) is 0 Å². The summed E-state index contributed by atoms with van der Waals surface area (Å²) in [6.45, 7) is 5.85. The maximum absolute atomic E-state index is 11.8. The Morgan fingerprint density at radius 1 is 1.13 bits per heavy atom. The predicted molar refractivity (Wildman–Crippen MR) is 93.1 cm³/mol. The molecular formula is C17H22BrNO4. The molecule has 126 valence electrons. The number of ether oxygens (including phenoxy) is 2. The molecule has 23 heavy (non-hydrogen) atoms. The van der Waals surface area contributed by atoms with Gasteiger partial charge in [0.15, 0.2) is 5.57 Å². The highest BCUT2D eigenvalue weighted by atomic mass is 79.9. The number of anilines is 1. The topological polar surface area (TPSA) is 64.6 Å². The van der Waals surface area contributed by atoms with Gasteiger partial charge in [0.25, 0.3) is 0 Å². The van der Waals surface area contributed by atoms with Gasteiger partial charge in [0.2, 0.25) is 0 Å². The molecule has 0 atom stereocenters. The number of halogens is 1. The van der Waals surface area contributed by atoms with E-state index in [0.29, 0.717) is 0 Å². The van der Waals surface area contributed by atoms with Crippen molar-refractivity contribution in [3.63, 3.8) is 0 Å². The number of aryl methyl sites for hydroxylation is 1. The Morgan fingerprint density at radius 2 is 1.74 bits per heavy atom. The monoisotopic (exact) mass is 383 g/mol. The second-order valence-corrected chi connectivity index (χ2v) is 5.55. The van der Waals surface area contributed by atoms with E-state index in [1.54, 1.807) is 13.8 Å². The number of esters is 2. The van der Waals surface area contributed by atoms with Crippen molar-refractivity contribution in [3.8, 4) is 0 Å². The molecule has 0 spiro atoms. The lowest BCUT2D eigenvalue weighted by Gasteiger charge is -2.09. The third kappa shape index (κ3) is 6.06. The van der Waals surface area contributed by atoms with E-state index < -0.39 is 11.9 Å². The van der Waals surface area contributed by atoms with Crippen LogP contribution in [0, 0.1) is 0 Å². The van der Waals surface area contributed by atoms with Crippen LogP contribution in [0.25, 0.3) is 0 Å². The minimum absolute atomic E-state index is 0.164. The van der Waals surface area contributed by atoms with Crippen LogP contribution in [0.15, 0.2) is 34.4 Å². The number of carbonyl (C=O) groups is 2. The summed E-state index contributed by atoms with van der Waals surface area (Å²) >= 11 is 3.52. The van der Waals surface area contributed by atoms with Crippen molar-refractivity contribution in [3.05, 3.63) is 40.0 Å². The molecule has 1 rings (SSSR count). The van der Waals surface area contributed by atoms with Gasteiger partial charge in [0, 0.05) is 16.4 Å². The van der Waals surface area contributed by atoms with E-state index in [1.807, 2.05) is 18.2 Å². The lowest BCUT2D eigenvalue weighted by molar-refractivity contribution is -0.146. The van der Waals surface area contributed by atoms with Crippen LogP contribution in [0.1, 0.15) is 32.8 Å². The first-order chi connectivity index (χ1) is 11.0. The van der Waals surface area contributed by atoms with Gasteiger partial charge in [0.1, 0.15) is 0 Å². The van der Waals surface area contributed by atoms with Crippen molar-refractivity contribution >= 4 is 33.6 Å². The molecule has 1 aromatic rings. The summed E-state index contributed by atoms with van der Waals surface area (Å²) in [4.78, 5) is 23.7. The highest BCUT2D eigenvalue weighted by Gasteiger charge is 2.20. The minimum Gasteiger partial charge on any atom is -0.462 e. The standard InChI is InChI=1S/C17H22BrNO4/c1-4-7-12-8-9-13(10-15(12)18)19-11-14(16(20)22-5-2)17(21)23-6-3/h8-11,19H,4-7H2,1-3H3. The van der Waals surface area contributed by atoms with Crippen molar-refractivity contribution in [1.82, 2.24) is 0 Å². The quantitative estimate of drug-likeness (QED) is 0.320. The maximum Gasteiger partial charge on any atom is 0.347 e. The first-order valence-electron chi connectivity index (χ1n) is 7.62. The lowest BCUT2D eigenvalue weighted by Crippen LogP contribution is -2.19. The van der Waals surface area contributed by atoms with E-state index in [4.69, 9.17) is 9.47 Å². The number of hydrogen-bond donors (Lipinski definition) is 1. The molecule has 0 radical (unpaired) electrons. The van der Waals surface area contributed by atoms with Gasteiger partial charge >= 0.3 is 11.9 Å². The second-order valence-electron chi connectivity index (χ2n) is 4.70. The Morgan fingerprint density at radius 3 is 2.22 bits per heavy atom. The molecule has 0 aromatic heterocycles. The van der Waals surface area contributed by atoms with Gasteiger partial charge in [-0.1, -0.05) is 35.3 Å². The molecule has 0 unspecified atom stereocenters. The van der Waals surface area contributed by atoms with Crippen LogP contribution in [-0.2, 0) is 25.5 Å². The Kier molecular flexibility index (Phi) is 8.40. The van der Waals surface area contributed by atoms with E-state index in [-0.39, 0.29) is 18.8 Å². The van der Waals surface area contributed by atoms with Gasteiger partial charge in [-0.15, -0.1) is 0 Å². The third-order valence-corrected chi connectivity index (χ3v) is 3.68. The molecule has 0 heterocycles. The Labute approximate surface area is 145 Å². The summed E-state index contributed by atoms with van der Waals surface area (Å²) in [6, 6.07) is 5.79. The highest BCUT2D eigenvalue weighted by Crippen LogP contribution is 2.23. The van der Waals surface area contributed by atoms with Crippen LogP contribution in [0.4, 0.5) is 5.69 Å². The smallest absolute Gasteiger partial charge is 0.347 e. The molecule has 0 aliphatic heterocycles. The van der Waals surface area contributed by atoms with Crippen molar-refractivity contribution in [2.45, 2.75) is 33.6 Å². The normalized spacial score (nSPS) is 9.91. The van der Waals surface area contributed by atoms with Gasteiger partial charge in [0.05, 0.1) is 13.2 Å². The van der Waals surface area contributed by atoms with E-state index in [1.165, 1.54) is 11.8 Å². The van der Waals surface area contributed by atoms with Crippen LogP contribution < -0.4 is 5.32 Å². The van der Waals surface area contributed by atoms with Crippen LogP contribution >= 0.6 is 15.9 Å². The van der Waals surface area contributed by atoms with Gasteiger partial charge in [-0.2, -0.15) is 0 Å². The van der Waals surface area contributed by atoms with Crippen molar-refractivity contribution < 1.29 is 19.1 Å². The fourth-order valence-electron chi connectivity index (χ4n) is 1.88. The first kappa shape index (κ1) is 19.2. The lowest BCUT2D eigenvalue weighted by atomic mass is 10.1. The SMILES string of the molecule is CCCc1ccc(NC=C(C(=O)OCC)C(=O)OCC)cc1Br. The molecule has 0 fully saturated rings. The molecule has 0 saturated heterocycles. The molecule has 1 aromatic carbocycles. The molecule has 0 amide bonds. The molecule has 6 heteroatoms. The second kappa shape index (κ2) is 10.0. The first-order valence-corrected chi connectivity index (χ1v) is 8.42. The molecule has 0 aliphatic carbocycles. The van der Waals surface area contributed by atoms with Crippen LogP contribution in [0.5, 0.6) is 0 Å². The van der Waals surface area contributed by atoms with E-state index in [9.17, 15) is 9.59 Å². The summed E-state index contributed by atoms with van der Waals surface area (Å²) in [5.41, 5.74) is 1.79. The third-order valence-electron chi connectivity index (χ3n) is 2.95. The fraction of sp³-hybridized carbons (Fsp3) is 0.412. The largest absolute Gasteiger partial charge is 0.462 e. The molecule has 0 saturated carbocycles. The zero-order valence-corrected chi connectivity index (χ0v) is 15.2. The Bertz CT molecular complexity index is 564. The average molecular weight is 384 g/mol. The predicted octanol–water partition coefficient (Wildman–Crippen LogP) is 3.82. The van der Waals surface area contributed by atoms with Crippen molar-refractivity contribution in [2.24, 2.45) is 0 Å². The van der Waals surface area contributed by atoms with Crippen LogP contribution in [0.3, 0.4) is 0 Å². The maximum atomic E-state index is 11.8. The van der Waals surface area contributed by atoms with Crippen LogP contribution in [-0.4, -0.2) is 25.2 Å². The number of rotatable bonds is 8. The molecule has 1 N–H and O–H groups in total. The zero-order chi connectivity index (χ0) is 17.2. The Balaban J connectivity index is 2.93. The van der Waals surface area contributed by atoms with E-state index in [0.717, 1.165) is 23.0 Å². The Hall–Kier alpha value is -1.82. The van der Waals surface area contributed by atoms with E-state index >= 15 is 0 Å². The fourth-order valence-corrected chi connectivity index (χ4v) is 2.46. The summed E-state index contributed by atoms with van der Waals surface area (Å²) < 4.78 is 10.7. The van der Waals surface area contributed by atoms with E-state index in [2.05, 4.69) is 28.2 Å². The van der Waals surface area contributed by atoms with Crippen molar-refractivity contribution in [1.29, 1.82) is 0 Å². The number of nitrogens with one attached hydrogen (secondary N) is 1. The number of carbonyl (C=O) groups excluding carboxylic acids is 2. The summed E-state index contributed by atoms with van der Waals surface area (Å²) in [5.74, 6) is -1.42. The van der Waals surface area contributed by atoms with Gasteiger partial charge < -0.3 is 14.8 Å². The number of hydrogen-bond acceptors (Lipinski definition) is 5. The number of benzene rings is 1. The summed E-state index contributed by atoms with van der Waals surface area (Å²) in [5, 5.41) is 2.94. The average Bonchev–Trinajstić information content (AvgIpc) is 2.51. The molecule has 0 aliphatic rings. The van der Waals surface area contributed by atoms with Gasteiger partial charge in [-0.3, -0.25) is 0 Å². The van der Waals surface area contributed by atoms with Gasteiger partial charge in [-0.25, -0.2) is 9.59 Å². The molecular weight excluding hydrogens is 362 g/mol. The van der Waals surface area contributed by atoms with Gasteiger partial charge in [-0.05, 0) is 38.0 Å². The van der Waals surface area contributed by atoms with Crippen molar-refractivity contribution in [2.75, 3.05) is 18.5 Å². The minimum atomic E-state index is -0.708. The summed E-state index contributed by atoms with van der Waals surface area (Å²) in [6.07, 6.45) is 3.35.